The normalized spacial score (nSPS) is 23.0. The number of halogens is 1. The Balaban J connectivity index is 0.00000364. The van der Waals surface area contributed by atoms with Crippen molar-refractivity contribution < 1.29 is 4.74 Å². The third kappa shape index (κ3) is 8.39. The highest BCUT2D eigenvalue weighted by Gasteiger charge is 2.24. The minimum atomic E-state index is 0. The molecular weight excluding hydrogens is 455 g/mol. The number of rotatable bonds is 7. The maximum Gasteiger partial charge on any atom is 0.191 e. The highest BCUT2D eigenvalue weighted by atomic mass is 127. The smallest absolute Gasteiger partial charge is 0.191 e. The molecule has 2 unspecified atom stereocenters. The van der Waals surface area contributed by atoms with Crippen LogP contribution in [0.5, 0.6) is 0 Å². The summed E-state index contributed by atoms with van der Waals surface area (Å²) in [6.45, 7) is 17.1. The van der Waals surface area contributed by atoms with Gasteiger partial charge in [0, 0.05) is 71.5 Å². The van der Waals surface area contributed by atoms with Gasteiger partial charge in [-0.15, -0.1) is 24.0 Å². The fraction of sp³-hybridized carbons (Fsp3) is 0.947. The highest BCUT2D eigenvalue weighted by Crippen LogP contribution is 2.12. The van der Waals surface area contributed by atoms with Crippen LogP contribution in [0.15, 0.2) is 4.99 Å². The molecule has 2 aliphatic rings. The summed E-state index contributed by atoms with van der Waals surface area (Å²) in [5.74, 6) is 1.51. The summed E-state index contributed by atoms with van der Waals surface area (Å²) >= 11 is 0. The molecule has 2 atom stereocenters. The summed E-state index contributed by atoms with van der Waals surface area (Å²) < 4.78 is 5.50. The van der Waals surface area contributed by atoms with Gasteiger partial charge in [0.2, 0.25) is 0 Å². The van der Waals surface area contributed by atoms with Crippen LogP contribution in [0.1, 0.15) is 20.8 Å². The molecule has 2 N–H and O–H groups in total. The van der Waals surface area contributed by atoms with E-state index in [1.165, 1.54) is 0 Å². The van der Waals surface area contributed by atoms with Crippen LogP contribution in [-0.4, -0.2) is 112 Å². The van der Waals surface area contributed by atoms with Crippen LogP contribution in [0.2, 0.25) is 0 Å². The van der Waals surface area contributed by atoms with E-state index < -0.39 is 0 Å². The van der Waals surface area contributed by atoms with Crippen molar-refractivity contribution in [1.29, 1.82) is 0 Å². The van der Waals surface area contributed by atoms with Gasteiger partial charge in [-0.25, -0.2) is 0 Å². The number of nitrogens with one attached hydrogen (secondary N) is 2. The molecule has 2 rings (SSSR count). The molecule has 7 nitrogen and oxygen atoms in total. The van der Waals surface area contributed by atoms with Crippen molar-refractivity contribution in [1.82, 2.24) is 25.3 Å². The summed E-state index contributed by atoms with van der Waals surface area (Å²) in [6, 6.07) is 1.02. The minimum Gasteiger partial charge on any atom is -0.379 e. The molecule has 0 saturated carbocycles. The van der Waals surface area contributed by atoms with E-state index in [-0.39, 0.29) is 24.0 Å². The Morgan fingerprint density at radius 3 is 2.07 bits per heavy atom. The van der Waals surface area contributed by atoms with Crippen molar-refractivity contribution in [2.75, 3.05) is 79.7 Å². The van der Waals surface area contributed by atoms with Gasteiger partial charge >= 0.3 is 0 Å². The molecule has 0 aliphatic carbocycles. The molecule has 27 heavy (non-hydrogen) atoms. The average molecular weight is 496 g/mol. The lowest BCUT2D eigenvalue weighted by molar-refractivity contribution is 0.00751. The molecule has 0 spiro atoms. The first-order chi connectivity index (χ1) is 12.5. The van der Waals surface area contributed by atoms with Gasteiger partial charge in [0.05, 0.1) is 13.2 Å². The molecule has 2 fully saturated rings. The number of piperazine rings is 1. The summed E-state index contributed by atoms with van der Waals surface area (Å²) in [4.78, 5) is 11.9. The fourth-order valence-electron chi connectivity index (χ4n) is 3.75. The first-order valence-electron chi connectivity index (χ1n) is 10.2. The number of hydrogen-bond acceptors (Lipinski definition) is 5. The molecule has 2 aliphatic heterocycles. The third-order valence-electron chi connectivity index (χ3n) is 5.71. The quantitative estimate of drug-likeness (QED) is 0.309. The Kier molecular flexibility index (Phi) is 12.1. The molecule has 8 heteroatoms. The zero-order valence-corrected chi connectivity index (χ0v) is 20.2. The predicted octanol–water partition coefficient (Wildman–Crippen LogP) is 0.762. The van der Waals surface area contributed by atoms with Crippen LogP contribution in [-0.2, 0) is 4.74 Å². The molecule has 2 saturated heterocycles. The van der Waals surface area contributed by atoms with Gasteiger partial charge in [0.15, 0.2) is 5.96 Å². The Morgan fingerprint density at radius 1 is 0.926 bits per heavy atom. The largest absolute Gasteiger partial charge is 0.379 e. The number of guanidine groups is 1. The van der Waals surface area contributed by atoms with E-state index in [0.29, 0.717) is 18.0 Å². The van der Waals surface area contributed by atoms with Crippen molar-refractivity contribution in [3.8, 4) is 0 Å². The second-order valence-corrected chi connectivity index (χ2v) is 7.98. The molecule has 2 heterocycles. The van der Waals surface area contributed by atoms with Crippen LogP contribution in [0.4, 0.5) is 0 Å². The van der Waals surface area contributed by atoms with Gasteiger partial charge in [-0.3, -0.25) is 14.8 Å². The maximum atomic E-state index is 5.50. The maximum absolute atomic E-state index is 5.50. The van der Waals surface area contributed by atoms with E-state index in [0.717, 1.165) is 71.5 Å². The molecule has 0 aromatic carbocycles. The Hall–Kier alpha value is -0.160. The lowest BCUT2D eigenvalue weighted by atomic mass is 10.0. The zero-order chi connectivity index (χ0) is 18.9. The highest BCUT2D eigenvalue weighted by molar-refractivity contribution is 14.0. The molecule has 0 amide bonds. The van der Waals surface area contributed by atoms with Crippen molar-refractivity contribution in [2.45, 2.75) is 32.9 Å². The second kappa shape index (κ2) is 13.1. The lowest BCUT2D eigenvalue weighted by Gasteiger charge is -2.38. The lowest BCUT2D eigenvalue weighted by Crippen LogP contribution is -2.54. The van der Waals surface area contributed by atoms with Crippen molar-refractivity contribution in [2.24, 2.45) is 10.9 Å². The van der Waals surface area contributed by atoms with Crippen molar-refractivity contribution in [3.05, 3.63) is 0 Å². The van der Waals surface area contributed by atoms with Crippen LogP contribution < -0.4 is 10.6 Å². The van der Waals surface area contributed by atoms with Gasteiger partial charge in [-0.2, -0.15) is 0 Å². The first-order valence-corrected chi connectivity index (χ1v) is 10.2. The number of likely N-dealkylation sites (N-methyl/N-ethyl adjacent to an activating group) is 1. The van der Waals surface area contributed by atoms with Crippen LogP contribution >= 0.6 is 24.0 Å². The molecule has 160 valence electrons. The van der Waals surface area contributed by atoms with E-state index in [2.05, 4.69) is 58.1 Å². The SMILES string of the molecule is CN=C(NCC(C)N1CCN(C)CC1)NCC(C(C)C)N1CCOCC1.I. The van der Waals surface area contributed by atoms with E-state index in [9.17, 15) is 0 Å². The van der Waals surface area contributed by atoms with E-state index in [1.54, 1.807) is 0 Å². The molecular formula is C19H41IN6O. The monoisotopic (exact) mass is 496 g/mol. The summed E-state index contributed by atoms with van der Waals surface area (Å²) in [7, 11) is 4.06. The van der Waals surface area contributed by atoms with Crippen LogP contribution in [0.3, 0.4) is 0 Å². The van der Waals surface area contributed by atoms with Gasteiger partial charge in [0.1, 0.15) is 0 Å². The standard InChI is InChI=1S/C19H40N6O.HI/c1-16(2)18(25-10-12-26-13-11-25)15-22-19(20-4)21-14-17(3)24-8-6-23(5)7-9-24;/h16-18H,6-15H2,1-5H3,(H2,20,21,22);1H. The number of nitrogens with zero attached hydrogens (tertiary/aromatic N) is 4. The average Bonchev–Trinajstić information content (AvgIpc) is 2.65. The Morgan fingerprint density at radius 2 is 1.52 bits per heavy atom. The summed E-state index contributed by atoms with van der Waals surface area (Å²) in [5, 5.41) is 7.06. The Labute approximate surface area is 183 Å². The molecule has 0 bridgehead atoms. The minimum absolute atomic E-state index is 0. The van der Waals surface area contributed by atoms with Crippen LogP contribution in [0, 0.1) is 5.92 Å². The third-order valence-corrected chi connectivity index (χ3v) is 5.71. The van der Waals surface area contributed by atoms with Gasteiger partial charge in [-0.1, -0.05) is 13.8 Å². The summed E-state index contributed by atoms with van der Waals surface area (Å²) in [6.07, 6.45) is 0. The van der Waals surface area contributed by atoms with E-state index in [1.807, 2.05) is 7.05 Å². The van der Waals surface area contributed by atoms with Crippen molar-refractivity contribution in [3.63, 3.8) is 0 Å². The zero-order valence-electron chi connectivity index (χ0n) is 17.9. The molecule has 0 aromatic rings. The van der Waals surface area contributed by atoms with Gasteiger partial charge < -0.3 is 20.3 Å². The number of ether oxygens (including phenoxy) is 1. The Bertz CT molecular complexity index is 422. The van der Waals surface area contributed by atoms with Crippen LogP contribution in [0.25, 0.3) is 0 Å². The predicted molar refractivity (Wildman–Crippen MR) is 124 cm³/mol. The number of morpholine rings is 1. The number of hydrogen-bond donors (Lipinski definition) is 2. The summed E-state index contributed by atoms with van der Waals surface area (Å²) in [5.41, 5.74) is 0. The van der Waals surface area contributed by atoms with Gasteiger partial charge in [-0.05, 0) is 19.9 Å². The fourth-order valence-corrected chi connectivity index (χ4v) is 3.75. The van der Waals surface area contributed by atoms with Gasteiger partial charge in [0.25, 0.3) is 0 Å². The van der Waals surface area contributed by atoms with Crippen molar-refractivity contribution >= 4 is 29.9 Å². The molecule has 0 radical (unpaired) electrons. The molecule has 0 aromatic heterocycles. The number of aliphatic imine (C=N–C) groups is 1. The first kappa shape index (κ1) is 24.9. The van der Waals surface area contributed by atoms with E-state index in [4.69, 9.17) is 4.74 Å². The second-order valence-electron chi connectivity index (χ2n) is 7.98. The topological polar surface area (TPSA) is 55.4 Å². The van der Waals surface area contributed by atoms with E-state index >= 15 is 0 Å².